The van der Waals surface area contributed by atoms with Crippen LogP contribution in [0.3, 0.4) is 0 Å². The van der Waals surface area contributed by atoms with Crippen molar-refractivity contribution in [3.63, 3.8) is 0 Å². The standard InChI is InChI=1S/C22H26ClN5O2.HI/c1-15(2)29-20-9-7-19(8-10-20)27-22(25-14-21-26-16(3)28-30-21)24-12-11-17-5-4-6-18(23)13-17;/h4-10,13,15H,11-12,14H2,1-3H3,(H2,24,25,27);1H. The minimum Gasteiger partial charge on any atom is -0.491 e. The Morgan fingerprint density at radius 2 is 1.97 bits per heavy atom. The third-order valence-corrected chi connectivity index (χ3v) is 4.26. The number of rotatable bonds is 8. The SMILES string of the molecule is Cc1noc(CN=C(NCCc2cccc(Cl)c2)Nc2ccc(OC(C)C)cc2)n1.I. The van der Waals surface area contributed by atoms with Crippen LogP contribution in [0.25, 0.3) is 0 Å². The Morgan fingerprint density at radius 1 is 1.19 bits per heavy atom. The molecule has 0 aliphatic heterocycles. The van der Waals surface area contributed by atoms with Gasteiger partial charge >= 0.3 is 0 Å². The molecule has 166 valence electrons. The van der Waals surface area contributed by atoms with Crippen LogP contribution in [-0.4, -0.2) is 28.7 Å². The molecule has 2 aromatic carbocycles. The first-order valence-electron chi connectivity index (χ1n) is 9.83. The molecule has 0 aliphatic carbocycles. The molecule has 0 radical (unpaired) electrons. The molecule has 3 aromatic rings. The summed E-state index contributed by atoms with van der Waals surface area (Å²) < 4.78 is 10.8. The number of nitrogens with zero attached hydrogens (tertiary/aromatic N) is 3. The summed E-state index contributed by atoms with van der Waals surface area (Å²) >= 11 is 6.07. The number of halogens is 2. The third kappa shape index (κ3) is 8.74. The highest BCUT2D eigenvalue weighted by molar-refractivity contribution is 14.0. The van der Waals surface area contributed by atoms with E-state index >= 15 is 0 Å². The van der Waals surface area contributed by atoms with E-state index < -0.39 is 0 Å². The van der Waals surface area contributed by atoms with Crippen molar-refractivity contribution < 1.29 is 9.26 Å². The molecule has 2 N–H and O–H groups in total. The van der Waals surface area contributed by atoms with Gasteiger partial charge in [0, 0.05) is 17.3 Å². The van der Waals surface area contributed by atoms with Crippen molar-refractivity contribution in [3.8, 4) is 5.75 Å². The summed E-state index contributed by atoms with van der Waals surface area (Å²) in [6.45, 7) is 6.74. The lowest BCUT2D eigenvalue weighted by molar-refractivity contribution is 0.242. The molecule has 0 amide bonds. The number of aromatic nitrogens is 2. The monoisotopic (exact) mass is 555 g/mol. The smallest absolute Gasteiger partial charge is 0.248 e. The van der Waals surface area contributed by atoms with Gasteiger partial charge < -0.3 is 19.9 Å². The Hall–Kier alpha value is -2.33. The fourth-order valence-corrected chi connectivity index (χ4v) is 2.95. The lowest BCUT2D eigenvalue weighted by atomic mass is 10.1. The van der Waals surface area contributed by atoms with Crippen LogP contribution >= 0.6 is 35.6 Å². The number of hydrogen-bond donors (Lipinski definition) is 2. The molecule has 0 saturated carbocycles. The van der Waals surface area contributed by atoms with Crippen LogP contribution in [-0.2, 0) is 13.0 Å². The zero-order valence-corrected chi connectivity index (χ0v) is 20.8. The van der Waals surface area contributed by atoms with E-state index in [2.05, 4.69) is 25.8 Å². The van der Waals surface area contributed by atoms with E-state index in [1.165, 1.54) is 0 Å². The van der Waals surface area contributed by atoms with Gasteiger partial charge in [0.15, 0.2) is 11.8 Å². The van der Waals surface area contributed by atoms with E-state index in [0.717, 1.165) is 28.4 Å². The number of aliphatic imine (C=N–C) groups is 1. The Kier molecular flexibility index (Phi) is 10.1. The maximum atomic E-state index is 6.07. The summed E-state index contributed by atoms with van der Waals surface area (Å²) in [5, 5.41) is 11.2. The van der Waals surface area contributed by atoms with Gasteiger partial charge in [0.05, 0.1) is 6.10 Å². The molecule has 9 heteroatoms. The quantitative estimate of drug-likeness (QED) is 0.225. The third-order valence-electron chi connectivity index (χ3n) is 4.03. The van der Waals surface area contributed by atoms with E-state index in [1.807, 2.05) is 62.4 Å². The molecule has 0 saturated heterocycles. The predicted molar refractivity (Wildman–Crippen MR) is 135 cm³/mol. The predicted octanol–water partition coefficient (Wildman–Crippen LogP) is 5.24. The molecular weight excluding hydrogens is 529 g/mol. The van der Waals surface area contributed by atoms with E-state index in [4.69, 9.17) is 20.9 Å². The van der Waals surface area contributed by atoms with Crippen molar-refractivity contribution in [1.29, 1.82) is 0 Å². The summed E-state index contributed by atoms with van der Waals surface area (Å²) in [4.78, 5) is 8.76. The van der Waals surface area contributed by atoms with Crippen molar-refractivity contribution in [2.24, 2.45) is 4.99 Å². The number of anilines is 1. The highest BCUT2D eigenvalue weighted by Gasteiger charge is 2.06. The highest BCUT2D eigenvalue weighted by atomic mass is 127. The summed E-state index contributed by atoms with van der Waals surface area (Å²) in [5.41, 5.74) is 2.04. The van der Waals surface area contributed by atoms with Crippen LogP contribution in [0.4, 0.5) is 5.69 Å². The first kappa shape index (κ1) is 24.9. The number of guanidine groups is 1. The Bertz CT molecular complexity index is 976. The molecular formula is C22H27ClIN5O2. The topological polar surface area (TPSA) is 84.6 Å². The van der Waals surface area contributed by atoms with Gasteiger partial charge in [-0.1, -0.05) is 28.9 Å². The Balaban J connectivity index is 0.00000341. The Morgan fingerprint density at radius 3 is 2.61 bits per heavy atom. The zero-order valence-electron chi connectivity index (χ0n) is 17.8. The van der Waals surface area contributed by atoms with Gasteiger partial charge in [-0.25, -0.2) is 4.99 Å². The van der Waals surface area contributed by atoms with Gasteiger partial charge in [0.25, 0.3) is 0 Å². The molecule has 0 atom stereocenters. The van der Waals surface area contributed by atoms with Gasteiger partial charge in [-0.05, 0) is 69.2 Å². The van der Waals surface area contributed by atoms with E-state index in [1.54, 1.807) is 6.92 Å². The van der Waals surface area contributed by atoms with Crippen LogP contribution in [0.5, 0.6) is 5.75 Å². The van der Waals surface area contributed by atoms with Crippen LogP contribution in [0.15, 0.2) is 58.0 Å². The normalized spacial score (nSPS) is 11.2. The second-order valence-corrected chi connectivity index (χ2v) is 7.46. The molecule has 0 aliphatic rings. The van der Waals surface area contributed by atoms with Crippen LogP contribution in [0.1, 0.15) is 31.1 Å². The van der Waals surface area contributed by atoms with E-state index in [0.29, 0.717) is 24.2 Å². The average Bonchev–Trinajstić information content (AvgIpc) is 3.12. The lowest BCUT2D eigenvalue weighted by Crippen LogP contribution is -2.32. The van der Waals surface area contributed by atoms with Crippen molar-refractivity contribution >= 4 is 47.2 Å². The van der Waals surface area contributed by atoms with Gasteiger partial charge in [-0.15, -0.1) is 24.0 Å². The maximum absolute atomic E-state index is 6.07. The molecule has 7 nitrogen and oxygen atoms in total. The molecule has 0 bridgehead atoms. The fraction of sp³-hybridized carbons (Fsp3) is 0.318. The zero-order chi connectivity index (χ0) is 21.3. The van der Waals surface area contributed by atoms with Crippen molar-refractivity contribution in [3.05, 3.63) is 70.8 Å². The molecule has 1 aromatic heterocycles. The second-order valence-electron chi connectivity index (χ2n) is 7.02. The van der Waals surface area contributed by atoms with Crippen molar-refractivity contribution in [2.45, 2.75) is 39.8 Å². The first-order valence-corrected chi connectivity index (χ1v) is 10.2. The van der Waals surface area contributed by atoms with Gasteiger partial charge in [-0.2, -0.15) is 4.98 Å². The minimum absolute atomic E-state index is 0. The molecule has 0 spiro atoms. The summed E-state index contributed by atoms with van der Waals surface area (Å²) in [5.74, 6) is 2.49. The fourth-order valence-electron chi connectivity index (χ4n) is 2.73. The molecule has 0 unspecified atom stereocenters. The molecule has 3 rings (SSSR count). The lowest BCUT2D eigenvalue weighted by Gasteiger charge is -2.14. The van der Waals surface area contributed by atoms with E-state index in [-0.39, 0.29) is 36.6 Å². The summed E-state index contributed by atoms with van der Waals surface area (Å²) in [6, 6.07) is 15.6. The number of hydrogen-bond acceptors (Lipinski definition) is 5. The van der Waals surface area contributed by atoms with Crippen LogP contribution in [0, 0.1) is 6.92 Å². The second kappa shape index (κ2) is 12.5. The van der Waals surface area contributed by atoms with Crippen LogP contribution < -0.4 is 15.4 Å². The van der Waals surface area contributed by atoms with E-state index in [9.17, 15) is 0 Å². The summed E-state index contributed by atoms with van der Waals surface area (Å²) in [7, 11) is 0. The molecule has 1 heterocycles. The number of ether oxygens (including phenoxy) is 1. The first-order chi connectivity index (χ1) is 14.5. The van der Waals surface area contributed by atoms with Gasteiger partial charge in [0.1, 0.15) is 12.3 Å². The average molecular weight is 556 g/mol. The molecule has 31 heavy (non-hydrogen) atoms. The van der Waals surface area contributed by atoms with Gasteiger partial charge in [0.2, 0.25) is 5.89 Å². The maximum Gasteiger partial charge on any atom is 0.248 e. The number of nitrogens with one attached hydrogen (secondary N) is 2. The number of aryl methyl sites for hydroxylation is 1. The number of benzene rings is 2. The summed E-state index contributed by atoms with van der Waals surface area (Å²) in [6.07, 6.45) is 0.939. The minimum atomic E-state index is 0. The highest BCUT2D eigenvalue weighted by Crippen LogP contribution is 2.17. The Labute approximate surface area is 204 Å². The van der Waals surface area contributed by atoms with Crippen molar-refractivity contribution in [2.75, 3.05) is 11.9 Å². The van der Waals surface area contributed by atoms with Crippen molar-refractivity contribution in [1.82, 2.24) is 15.5 Å². The largest absolute Gasteiger partial charge is 0.491 e. The molecule has 0 fully saturated rings. The van der Waals surface area contributed by atoms with Crippen LogP contribution in [0.2, 0.25) is 5.02 Å². The van der Waals surface area contributed by atoms with Gasteiger partial charge in [-0.3, -0.25) is 0 Å².